The number of nitro benzene ring substituents is 1. The molecule has 1 amide bonds. The van der Waals surface area contributed by atoms with Gasteiger partial charge in [0.05, 0.1) is 10.6 Å². The van der Waals surface area contributed by atoms with Gasteiger partial charge in [0.1, 0.15) is 0 Å². The molecule has 1 heterocycles. The number of hydrogen-bond acceptors (Lipinski definition) is 5. The second-order valence-corrected chi connectivity index (χ2v) is 5.76. The van der Waals surface area contributed by atoms with Gasteiger partial charge < -0.3 is 5.32 Å². The summed E-state index contributed by atoms with van der Waals surface area (Å²) in [5.74, 6) is -0.164. The summed E-state index contributed by atoms with van der Waals surface area (Å²) >= 11 is 1.35. The fourth-order valence-corrected chi connectivity index (χ4v) is 2.24. The van der Waals surface area contributed by atoms with Crippen LogP contribution in [0, 0.1) is 16.0 Å². The van der Waals surface area contributed by atoms with Crippen LogP contribution in [0.1, 0.15) is 25.1 Å². The fourth-order valence-electron chi connectivity index (χ4n) is 1.56. The number of carbonyl (C=O) groups excluding carboxylic acids is 1. The minimum Gasteiger partial charge on any atom is -0.302 e. The van der Waals surface area contributed by atoms with Gasteiger partial charge in [-0.2, -0.15) is 0 Å². The van der Waals surface area contributed by atoms with E-state index in [2.05, 4.69) is 10.3 Å². The highest BCUT2D eigenvalue weighted by molar-refractivity contribution is 7.14. The van der Waals surface area contributed by atoms with E-state index in [0.29, 0.717) is 5.13 Å². The number of nitrogens with one attached hydrogen (secondary N) is 1. The van der Waals surface area contributed by atoms with E-state index in [9.17, 15) is 14.9 Å². The number of nitro groups is 1. The molecule has 6 nitrogen and oxygen atoms in total. The van der Waals surface area contributed by atoms with Gasteiger partial charge in [-0.05, 0) is 23.8 Å². The van der Waals surface area contributed by atoms with Crippen LogP contribution in [0.2, 0.25) is 0 Å². The standard InChI is InChI=1S/C15H15N3O3S/c1-10(2)14(19)17-15-16-12(9-22-15)6-3-11-4-7-13(8-5-11)18(20)21/h3-10H,1-2H3,(H,16,17,19)/b6-3+. The predicted octanol–water partition coefficient (Wildman–Crippen LogP) is 3.82. The van der Waals surface area contributed by atoms with Crippen LogP contribution in [-0.2, 0) is 4.79 Å². The summed E-state index contributed by atoms with van der Waals surface area (Å²) in [6.45, 7) is 3.64. The quantitative estimate of drug-likeness (QED) is 0.671. The average Bonchev–Trinajstić information content (AvgIpc) is 2.93. The average molecular weight is 317 g/mol. The van der Waals surface area contributed by atoms with Gasteiger partial charge in [-0.25, -0.2) is 4.98 Å². The van der Waals surface area contributed by atoms with E-state index >= 15 is 0 Å². The molecule has 0 aliphatic heterocycles. The molecule has 1 N–H and O–H groups in total. The second kappa shape index (κ2) is 6.95. The van der Waals surface area contributed by atoms with Crippen LogP contribution in [0.5, 0.6) is 0 Å². The van der Waals surface area contributed by atoms with Crippen molar-refractivity contribution in [1.82, 2.24) is 4.98 Å². The minimum atomic E-state index is -0.433. The van der Waals surface area contributed by atoms with Crippen molar-refractivity contribution < 1.29 is 9.72 Å². The van der Waals surface area contributed by atoms with Crippen LogP contribution in [0.3, 0.4) is 0 Å². The maximum absolute atomic E-state index is 11.6. The van der Waals surface area contributed by atoms with Crippen molar-refractivity contribution in [2.24, 2.45) is 5.92 Å². The maximum Gasteiger partial charge on any atom is 0.269 e. The van der Waals surface area contributed by atoms with Crippen molar-refractivity contribution in [2.45, 2.75) is 13.8 Å². The Balaban J connectivity index is 2.03. The zero-order valence-electron chi connectivity index (χ0n) is 12.1. The van der Waals surface area contributed by atoms with E-state index in [0.717, 1.165) is 11.3 Å². The Morgan fingerprint density at radius 3 is 2.59 bits per heavy atom. The predicted molar refractivity (Wildman–Crippen MR) is 87.6 cm³/mol. The third kappa shape index (κ3) is 4.23. The van der Waals surface area contributed by atoms with Gasteiger partial charge >= 0.3 is 0 Å². The van der Waals surface area contributed by atoms with Crippen molar-refractivity contribution in [3.05, 3.63) is 51.0 Å². The fraction of sp³-hybridized carbons (Fsp3) is 0.200. The lowest BCUT2D eigenvalue weighted by Gasteiger charge is -2.02. The number of benzene rings is 1. The molecule has 2 aromatic rings. The molecule has 0 atom stereocenters. The monoisotopic (exact) mass is 317 g/mol. The first kappa shape index (κ1) is 15.8. The van der Waals surface area contributed by atoms with Crippen LogP contribution in [0.15, 0.2) is 29.6 Å². The Bertz CT molecular complexity index is 705. The number of rotatable bonds is 5. The molecule has 0 saturated carbocycles. The number of anilines is 1. The summed E-state index contributed by atoms with van der Waals surface area (Å²) in [6, 6.07) is 6.24. The summed E-state index contributed by atoms with van der Waals surface area (Å²) < 4.78 is 0. The van der Waals surface area contributed by atoms with E-state index in [1.54, 1.807) is 18.2 Å². The highest BCUT2D eigenvalue weighted by Gasteiger charge is 2.09. The zero-order chi connectivity index (χ0) is 16.1. The van der Waals surface area contributed by atoms with E-state index in [1.165, 1.54) is 23.5 Å². The molecule has 1 aromatic heterocycles. The Labute approximate surface area is 131 Å². The van der Waals surface area contributed by atoms with Gasteiger partial charge in [0, 0.05) is 23.4 Å². The number of hydrogen-bond donors (Lipinski definition) is 1. The van der Waals surface area contributed by atoms with Crippen molar-refractivity contribution in [3.8, 4) is 0 Å². The molecular weight excluding hydrogens is 302 g/mol. The molecule has 0 aliphatic carbocycles. The summed E-state index contributed by atoms with van der Waals surface area (Å²) in [5.41, 5.74) is 1.62. The van der Waals surface area contributed by atoms with Gasteiger partial charge in [-0.3, -0.25) is 14.9 Å². The molecular formula is C15H15N3O3S. The van der Waals surface area contributed by atoms with E-state index in [1.807, 2.05) is 25.3 Å². The molecule has 2 rings (SSSR count). The summed E-state index contributed by atoms with van der Waals surface area (Å²) in [6.07, 6.45) is 3.61. The first-order valence-electron chi connectivity index (χ1n) is 6.64. The Morgan fingerprint density at radius 1 is 1.32 bits per heavy atom. The van der Waals surface area contributed by atoms with Crippen LogP contribution in [0.4, 0.5) is 10.8 Å². The van der Waals surface area contributed by atoms with Gasteiger partial charge in [0.15, 0.2) is 5.13 Å². The molecule has 0 aliphatic rings. The first-order valence-corrected chi connectivity index (χ1v) is 7.52. The van der Waals surface area contributed by atoms with Gasteiger partial charge in [-0.15, -0.1) is 11.3 Å². The number of carbonyl (C=O) groups is 1. The third-order valence-electron chi connectivity index (χ3n) is 2.83. The lowest BCUT2D eigenvalue weighted by molar-refractivity contribution is -0.384. The molecule has 22 heavy (non-hydrogen) atoms. The Morgan fingerprint density at radius 2 is 2.00 bits per heavy atom. The largest absolute Gasteiger partial charge is 0.302 e. The number of amides is 1. The highest BCUT2D eigenvalue weighted by Crippen LogP contribution is 2.19. The Kier molecular flexibility index (Phi) is 5.00. The Hall–Kier alpha value is -2.54. The second-order valence-electron chi connectivity index (χ2n) is 4.90. The smallest absolute Gasteiger partial charge is 0.269 e. The molecule has 0 saturated heterocycles. The molecule has 0 unspecified atom stereocenters. The van der Waals surface area contributed by atoms with E-state index < -0.39 is 4.92 Å². The molecule has 0 spiro atoms. The number of thiazole rings is 1. The summed E-state index contributed by atoms with van der Waals surface area (Å²) in [5, 5.41) is 15.7. The number of nitrogens with zero attached hydrogens (tertiary/aromatic N) is 2. The van der Waals surface area contributed by atoms with Crippen LogP contribution >= 0.6 is 11.3 Å². The number of non-ortho nitro benzene ring substituents is 1. The SMILES string of the molecule is CC(C)C(=O)Nc1nc(/C=C/c2ccc([N+](=O)[O-])cc2)cs1. The van der Waals surface area contributed by atoms with Crippen molar-refractivity contribution >= 4 is 40.2 Å². The van der Waals surface area contributed by atoms with Gasteiger partial charge in [0.25, 0.3) is 5.69 Å². The van der Waals surface area contributed by atoms with Gasteiger partial charge in [-0.1, -0.05) is 19.9 Å². The summed E-state index contributed by atoms with van der Waals surface area (Å²) in [7, 11) is 0. The minimum absolute atomic E-state index is 0.0597. The van der Waals surface area contributed by atoms with Crippen molar-refractivity contribution in [2.75, 3.05) is 5.32 Å². The van der Waals surface area contributed by atoms with Crippen molar-refractivity contribution in [3.63, 3.8) is 0 Å². The molecule has 0 bridgehead atoms. The van der Waals surface area contributed by atoms with E-state index in [4.69, 9.17) is 0 Å². The molecule has 7 heteroatoms. The molecule has 0 radical (unpaired) electrons. The third-order valence-corrected chi connectivity index (χ3v) is 3.60. The van der Waals surface area contributed by atoms with Crippen molar-refractivity contribution in [1.29, 1.82) is 0 Å². The van der Waals surface area contributed by atoms with Gasteiger partial charge in [0.2, 0.25) is 5.91 Å². The molecule has 114 valence electrons. The van der Waals surface area contributed by atoms with Crippen LogP contribution < -0.4 is 5.32 Å². The first-order chi connectivity index (χ1) is 10.5. The zero-order valence-corrected chi connectivity index (χ0v) is 13.0. The molecule has 0 fully saturated rings. The van der Waals surface area contributed by atoms with E-state index in [-0.39, 0.29) is 17.5 Å². The lowest BCUT2D eigenvalue weighted by atomic mass is 10.2. The normalized spacial score (nSPS) is 11.0. The maximum atomic E-state index is 11.6. The highest BCUT2D eigenvalue weighted by atomic mass is 32.1. The van der Waals surface area contributed by atoms with Crippen LogP contribution in [-0.4, -0.2) is 15.8 Å². The topological polar surface area (TPSA) is 85.1 Å². The van der Waals surface area contributed by atoms with Crippen LogP contribution in [0.25, 0.3) is 12.2 Å². The lowest BCUT2D eigenvalue weighted by Crippen LogP contribution is -2.17. The summed E-state index contributed by atoms with van der Waals surface area (Å²) in [4.78, 5) is 26.0. The molecule has 1 aromatic carbocycles. The number of aromatic nitrogens is 1.